The lowest BCUT2D eigenvalue weighted by Crippen LogP contribution is -2.35. The van der Waals surface area contributed by atoms with E-state index in [-0.39, 0.29) is 17.8 Å². The molecule has 1 aromatic heterocycles. The minimum Gasteiger partial charge on any atom is -0.467 e. The molecular weight excluding hydrogens is 378 g/mol. The lowest BCUT2D eigenvalue weighted by Gasteiger charge is -2.28. The van der Waals surface area contributed by atoms with Crippen molar-refractivity contribution in [3.05, 3.63) is 58.0 Å². The van der Waals surface area contributed by atoms with E-state index in [4.69, 9.17) is 9.15 Å². The van der Waals surface area contributed by atoms with Gasteiger partial charge >= 0.3 is 5.97 Å². The first-order valence-electron chi connectivity index (χ1n) is 9.50. The molecule has 29 heavy (non-hydrogen) atoms. The predicted octanol–water partition coefficient (Wildman–Crippen LogP) is 3.04. The van der Waals surface area contributed by atoms with Crippen LogP contribution in [0.25, 0.3) is 0 Å². The van der Waals surface area contributed by atoms with Gasteiger partial charge in [0.05, 0.1) is 23.3 Å². The van der Waals surface area contributed by atoms with Crippen LogP contribution in [0.1, 0.15) is 42.3 Å². The number of nitrogens with zero attached hydrogens (tertiary/aromatic N) is 2. The van der Waals surface area contributed by atoms with Crippen LogP contribution in [0.2, 0.25) is 0 Å². The lowest BCUT2D eigenvalue weighted by molar-refractivity contribution is -0.384. The molecule has 154 valence electrons. The average molecular weight is 401 g/mol. The number of nitrogens with one attached hydrogen (secondary N) is 1. The molecule has 0 bridgehead atoms. The molecule has 1 N–H and O–H groups in total. The number of carbonyl (C=O) groups is 2. The van der Waals surface area contributed by atoms with E-state index in [0.29, 0.717) is 11.4 Å². The largest absolute Gasteiger partial charge is 0.467 e. The Hall–Kier alpha value is -3.36. The minimum absolute atomic E-state index is 0.0307. The average Bonchev–Trinajstić information content (AvgIpc) is 3.25. The summed E-state index contributed by atoms with van der Waals surface area (Å²) < 4.78 is 10.3. The van der Waals surface area contributed by atoms with Crippen LogP contribution < -0.4 is 10.2 Å². The summed E-state index contributed by atoms with van der Waals surface area (Å²) in [7, 11) is 0. The molecule has 0 unspecified atom stereocenters. The van der Waals surface area contributed by atoms with Crippen LogP contribution in [0, 0.1) is 10.1 Å². The number of ether oxygens (including phenoxy) is 1. The summed E-state index contributed by atoms with van der Waals surface area (Å²) in [6, 6.07) is 7.68. The van der Waals surface area contributed by atoms with Gasteiger partial charge < -0.3 is 19.4 Å². The quantitative estimate of drug-likeness (QED) is 0.431. The standard InChI is InChI=1S/C20H23N3O6/c1-14(19(24)21-13-16-6-5-11-28-16)29-20(25)15-7-8-17(18(12-15)23(26)27)22-9-3-2-4-10-22/h5-8,11-12,14H,2-4,9-10,13H2,1H3,(H,21,24)/t14-/m1/s1. The summed E-state index contributed by atoms with van der Waals surface area (Å²) in [6.45, 7) is 3.10. The van der Waals surface area contributed by atoms with Crippen molar-refractivity contribution in [1.82, 2.24) is 5.32 Å². The van der Waals surface area contributed by atoms with Crippen molar-refractivity contribution in [2.24, 2.45) is 0 Å². The van der Waals surface area contributed by atoms with Gasteiger partial charge in [-0.2, -0.15) is 0 Å². The first-order valence-corrected chi connectivity index (χ1v) is 9.50. The predicted molar refractivity (Wildman–Crippen MR) is 105 cm³/mol. The molecule has 9 nitrogen and oxygen atoms in total. The molecular formula is C20H23N3O6. The maximum Gasteiger partial charge on any atom is 0.339 e. The monoisotopic (exact) mass is 401 g/mol. The van der Waals surface area contributed by atoms with Crippen LogP contribution in [0.5, 0.6) is 0 Å². The molecule has 1 atom stereocenters. The minimum atomic E-state index is -1.06. The Kier molecular flexibility index (Phi) is 6.48. The third kappa shape index (κ3) is 5.13. The normalized spacial score (nSPS) is 14.9. The van der Waals surface area contributed by atoms with Crippen LogP contribution in [0.15, 0.2) is 41.0 Å². The van der Waals surface area contributed by atoms with E-state index < -0.39 is 22.9 Å². The molecule has 0 saturated carbocycles. The van der Waals surface area contributed by atoms with E-state index in [1.54, 1.807) is 18.2 Å². The number of hydrogen-bond acceptors (Lipinski definition) is 7. The van der Waals surface area contributed by atoms with E-state index in [1.807, 2.05) is 4.90 Å². The van der Waals surface area contributed by atoms with E-state index in [9.17, 15) is 19.7 Å². The second-order valence-corrected chi connectivity index (χ2v) is 6.85. The molecule has 2 heterocycles. The molecule has 0 aliphatic carbocycles. The van der Waals surface area contributed by atoms with Crippen molar-refractivity contribution in [3.63, 3.8) is 0 Å². The van der Waals surface area contributed by atoms with Crippen molar-refractivity contribution < 1.29 is 23.7 Å². The Labute approximate surface area is 167 Å². The summed E-state index contributed by atoms with van der Waals surface area (Å²) >= 11 is 0. The van der Waals surface area contributed by atoms with Crippen LogP contribution in [0.4, 0.5) is 11.4 Å². The van der Waals surface area contributed by atoms with Crippen LogP contribution in [-0.2, 0) is 16.1 Å². The lowest BCUT2D eigenvalue weighted by atomic mass is 10.1. The summed E-state index contributed by atoms with van der Waals surface area (Å²) in [5.41, 5.74) is 0.384. The first-order chi connectivity index (χ1) is 14.0. The number of anilines is 1. The second kappa shape index (κ2) is 9.22. The number of carbonyl (C=O) groups excluding carboxylic acids is 2. The highest BCUT2D eigenvalue weighted by Gasteiger charge is 2.25. The van der Waals surface area contributed by atoms with E-state index in [0.717, 1.165) is 32.4 Å². The van der Waals surface area contributed by atoms with Crippen LogP contribution >= 0.6 is 0 Å². The number of amides is 1. The zero-order valence-electron chi connectivity index (χ0n) is 16.1. The number of piperidine rings is 1. The second-order valence-electron chi connectivity index (χ2n) is 6.85. The molecule has 0 radical (unpaired) electrons. The Bertz CT molecular complexity index is 874. The third-order valence-corrected chi connectivity index (χ3v) is 4.77. The zero-order chi connectivity index (χ0) is 20.8. The highest BCUT2D eigenvalue weighted by atomic mass is 16.6. The van der Waals surface area contributed by atoms with Gasteiger partial charge in [-0.25, -0.2) is 4.79 Å². The van der Waals surface area contributed by atoms with Gasteiger partial charge in [0, 0.05) is 19.2 Å². The maximum absolute atomic E-state index is 12.4. The highest BCUT2D eigenvalue weighted by molar-refractivity contribution is 5.93. The summed E-state index contributed by atoms with van der Waals surface area (Å²) in [5, 5.41) is 14.1. The number of hydrogen-bond donors (Lipinski definition) is 1. The molecule has 9 heteroatoms. The fourth-order valence-corrected chi connectivity index (χ4v) is 3.21. The number of nitro groups is 1. The Morgan fingerprint density at radius 3 is 2.69 bits per heavy atom. The van der Waals surface area contributed by atoms with Gasteiger partial charge in [0.15, 0.2) is 6.10 Å². The number of furan rings is 1. The van der Waals surface area contributed by atoms with Crippen molar-refractivity contribution in [3.8, 4) is 0 Å². The molecule has 1 saturated heterocycles. The van der Waals surface area contributed by atoms with Gasteiger partial charge in [0.1, 0.15) is 11.4 Å². The van der Waals surface area contributed by atoms with Gasteiger partial charge in [-0.1, -0.05) is 0 Å². The molecule has 3 rings (SSSR count). The van der Waals surface area contributed by atoms with Gasteiger partial charge in [-0.05, 0) is 50.5 Å². The van der Waals surface area contributed by atoms with Crippen molar-refractivity contribution in [2.45, 2.75) is 38.8 Å². The van der Waals surface area contributed by atoms with Crippen molar-refractivity contribution in [1.29, 1.82) is 0 Å². The van der Waals surface area contributed by atoms with Crippen LogP contribution in [0.3, 0.4) is 0 Å². The summed E-state index contributed by atoms with van der Waals surface area (Å²) in [5.74, 6) is -0.714. The molecule has 1 aliphatic rings. The topological polar surface area (TPSA) is 115 Å². The SMILES string of the molecule is C[C@@H](OC(=O)c1ccc(N2CCCCC2)c([N+](=O)[O-])c1)C(=O)NCc1ccco1. The number of benzene rings is 1. The maximum atomic E-state index is 12.4. The zero-order valence-corrected chi connectivity index (χ0v) is 16.1. The first kappa shape index (κ1) is 20.4. The molecule has 1 fully saturated rings. The molecule has 1 amide bonds. The Morgan fingerprint density at radius 1 is 1.28 bits per heavy atom. The van der Waals surface area contributed by atoms with Gasteiger partial charge in [0.2, 0.25) is 0 Å². The van der Waals surface area contributed by atoms with Crippen LogP contribution in [-0.4, -0.2) is 36.0 Å². The van der Waals surface area contributed by atoms with Crippen molar-refractivity contribution >= 4 is 23.3 Å². The number of esters is 1. The highest BCUT2D eigenvalue weighted by Crippen LogP contribution is 2.31. The van der Waals surface area contributed by atoms with Gasteiger partial charge in [0.25, 0.3) is 11.6 Å². The Morgan fingerprint density at radius 2 is 2.03 bits per heavy atom. The summed E-state index contributed by atoms with van der Waals surface area (Å²) in [4.78, 5) is 37.5. The van der Waals surface area contributed by atoms with E-state index in [2.05, 4.69) is 5.32 Å². The molecule has 2 aromatic rings. The molecule has 1 aliphatic heterocycles. The fraction of sp³-hybridized carbons (Fsp3) is 0.400. The van der Waals surface area contributed by atoms with E-state index in [1.165, 1.54) is 25.3 Å². The molecule has 1 aromatic carbocycles. The summed E-state index contributed by atoms with van der Waals surface area (Å²) in [6.07, 6.45) is 3.50. The number of nitro benzene ring substituents is 1. The number of rotatable bonds is 7. The molecule has 0 spiro atoms. The smallest absolute Gasteiger partial charge is 0.339 e. The third-order valence-electron chi connectivity index (χ3n) is 4.77. The van der Waals surface area contributed by atoms with Crippen molar-refractivity contribution in [2.75, 3.05) is 18.0 Å². The van der Waals surface area contributed by atoms with Gasteiger partial charge in [-0.15, -0.1) is 0 Å². The Balaban J connectivity index is 1.65. The fourth-order valence-electron chi connectivity index (χ4n) is 3.21. The van der Waals surface area contributed by atoms with E-state index >= 15 is 0 Å². The van der Waals surface area contributed by atoms with Gasteiger partial charge in [-0.3, -0.25) is 14.9 Å².